The normalized spacial score (nSPS) is 33.9. The fourth-order valence-corrected chi connectivity index (χ4v) is 9.22. The average Bonchev–Trinajstić information content (AvgIpc) is 3.09. The highest BCUT2D eigenvalue weighted by atomic mass is 32.1. The monoisotopic (exact) mass is 472 g/mol. The van der Waals surface area contributed by atoms with Crippen LogP contribution in [-0.2, 0) is 22.4 Å². The number of hydrogen-bond acceptors (Lipinski definition) is 5. The van der Waals surface area contributed by atoms with Crippen LogP contribution < -0.4 is 10.6 Å². The number of carbonyl (C=O) groups excluding carboxylic acids is 2. The van der Waals surface area contributed by atoms with Crippen LogP contribution in [0.2, 0.25) is 0 Å². The zero-order chi connectivity index (χ0) is 23.3. The summed E-state index contributed by atoms with van der Waals surface area (Å²) in [5.74, 6) is 2.95. The van der Waals surface area contributed by atoms with E-state index in [1.807, 2.05) is 13.8 Å². The molecule has 0 spiro atoms. The molecule has 2 N–H and O–H groups in total. The highest BCUT2D eigenvalue weighted by Crippen LogP contribution is 2.61. The first-order valence-corrected chi connectivity index (χ1v) is 14.0. The van der Waals surface area contributed by atoms with E-state index in [1.165, 1.54) is 43.4 Å². The van der Waals surface area contributed by atoms with Gasteiger partial charge in [0, 0.05) is 10.9 Å². The molecule has 6 rings (SSSR count). The van der Waals surface area contributed by atoms with Gasteiger partial charge in [0.05, 0.1) is 18.2 Å². The van der Waals surface area contributed by atoms with Crippen LogP contribution in [0.15, 0.2) is 0 Å². The molecular formula is C27H40N2O3S. The first kappa shape index (κ1) is 23.3. The number of nitrogens with one attached hydrogen (secondary N) is 2. The van der Waals surface area contributed by atoms with Crippen molar-refractivity contribution in [1.29, 1.82) is 0 Å². The lowest BCUT2D eigenvalue weighted by Gasteiger charge is -2.59. The predicted molar refractivity (Wildman–Crippen MR) is 133 cm³/mol. The Morgan fingerprint density at radius 2 is 1.76 bits per heavy atom. The second-order valence-corrected chi connectivity index (χ2v) is 12.8. The van der Waals surface area contributed by atoms with Crippen LogP contribution in [0.4, 0.5) is 5.00 Å². The van der Waals surface area contributed by atoms with E-state index in [0.29, 0.717) is 34.5 Å². The first-order valence-electron chi connectivity index (χ1n) is 13.2. The third-order valence-corrected chi connectivity index (χ3v) is 10.3. The minimum atomic E-state index is -0.305. The second kappa shape index (κ2) is 8.99. The van der Waals surface area contributed by atoms with Crippen molar-refractivity contribution < 1.29 is 14.3 Å². The number of ether oxygens (including phenoxy) is 1. The van der Waals surface area contributed by atoms with Crippen molar-refractivity contribution in [3.63, 3.8) is 0 Å². The van der Waals surface area contributed by atoms with E-state index in [9.17, 15) is 9.59 Å². The number of esters is 1. The standard InChI is InChI=1S/C27H40N2O3S/c1-5-32-26(31)23-21-7-6-15(2)8-22(21)33-25(23)29-24(30)16(3)28-17(4)27-12-18-9-19(13-27)11-20(10-18)14-27/h15-20,28H,5-14H2,1-4H3,(H,29,30)/t15-,16+,17-,18?,19?,20?,27?/m1/s1. The van der Waals surface area contributed by atoms with E-state index in [4.69, 9.17) is 4.74 Å². The smallest absolute Gasteiger partial charge is 0.341 e. The van der Waals surface area contributed by atoms with Gasteiger partial charge in [0.25, 0.3) is 0 Å². The molecule has 1 aromatic rings. The van der Waals surface area contributed by atoms with Crippen molar-refractivity contribution in [2.75, 3.05) is 11.9 Å². The van der Waals surface area contributed by atoms with Crippen LogP contribution in [0, 0.1) is 29.1 Å². The Hall–Kier alpha value is -1.40. The summed E-state index contributed by atoms with van der Waals surface area (Å²) < 4.78 is 5.37. The molecule has 0 aromatic carbocycles. The second-order valence-electron chi connectivity index (χ2n) is 11.7. The molecule has 1 heterocycles. The summed E-state index contributed by atoms with van der Waals surface area (Å²) in [5, 5.41) is 7.47. The number of fused-ring (bicyclic) bond motifs is 1. The number of amides is 1. The molecule has 4 bridgehead atoms. The highest BCUT2D eigenvalue weighted by molar-refractivity contribution is 7.17. The molecule has 4 saturated carbocycles. The van der Waals surface area contributed by atoms with Gasteiger partial charge >= 0.3 is 5.97 Å². The van der Waals surface area contributed by atoms with Crippen LogP contribution in [-0.4, -0.2) is 30.6 Å². The van der Waals surface area contributed by atoms with E-state index in [1.54, 1.807) is 11.3 Å². The van der Waals surface area contributed by atoms with Gasteiger partial charge in [-0.3, -0.25) is 4.79 Å². The molecule has 182 valence electrons. The van der Waals surface area contributed by atoms with Crippen molar-refractivity contribution in [2.24, 2.45) is 29.1 Å². The molecule has 3 atom stereocenters. The summed E-state index contributed by atoms with van der Waals surface area (Å²) in [6.07, 6.45) is 11.2. The molecule has 5 nitrogen and oxygen atoms in total. The fourth-order valence-electron chi connectivity index (χ4n) is 7.81. The van der Waals surface area contributed by atoms with Gasteiger partial charge in [-0.2, -0.15) is 0 Å². The number of hydrogen-bond donors (Lipinski definition) is 2. The SMILES string of the molecule is CCOC(=O)c1c(NC(=O)[C@H](C)N[C@H](C)C23CC4CC(CC(C4)C2)C3)sc2c1CC[C@@H](C)C2. The predicted octanol–water partition coefficient (Wildman–Crippen LogP) is 5.57. The van der Waals surface area contributed by atoms with Gasteiger partial charge in [-0.15, -0.1) is 11.3 Å². The molecule has 5 aliphatic rings. The van der Waals surface area contributed by atoms with Crippen LogP contribution in [0.1, 0.15) is 93.4 Å². The van der Waals surface area contributed by atoms with E-state index >= 15 is 0 Å². The topological polar surface area (TPSA) is 67.4 Å². The minimum Gasteiger partial charge on any atom is -0.462 e. The Bertz CT molecular complexity index is 887. The van der Waals surface area contributed by atoms with E-state index < -0.39 is 0 Å². The summed E-state index contributed by atoms with van der Waals surface area (Å²) in [6, 6.07) is 0.0228. The molecule has 0 unspecified atom stereocenters. The largest absolute Gasteiger partial charge is 0.462 e. The first-order chi connectivity index (χ1) is 15.8. The van der Waals surface area contributed by atoms with Crippen LogP contribution >= 0.6 is 11.3 Å². The zero-order valence-electron chi connectivity index (χ0n) is 20.7. The Morgan fingerprint density at radius 3 is 2.36 bits per heavy atom. The van der Waals surface area contributed by atoms with Crippen LogP contribution in [0.5, 0.6) is 0 Å². The van der Waals surface area contributed by atoms with Crippen molar-refractivity contribution in [3.8, 4) is 0 Å². The lowest BCUT2D eigenvalue weighted by Crippen LogP contribution is -2.57. The summed E-state index contributed by atoms with van der Waals surface area (Å²) in [5.41, 5.74) is 2.05. The van der Waals surface area contributed by atoms with Crippen LogP contribution in [0.3, 0.4) is 0 Å². The van der Waals surface area contributed by atoms with E-state index in [2.05, 4.69) is 24.5 Å². The summed E-state index contributed by atoms with van der Waals surface area (Å²) in [7, 11) is 0. The maximum absolute atomic E-state index is 13.3. The zero-order valence-corrected chi connectivity index (χ0v) is 21.5. The number of thiophene rings is 1. The van der Waals surface area contributed by atoms with Gasteiger partial charge in [0.2, 0.25) is 5.91 Å². The molecule has 0 radical (unpaired) electrons. The maximum Gasteiger partial charge on any atom is 0.341 e. The summed E-state index contributed by atoms with van der Waals surface area (Å²) in [6.45, 7) is 8.68. The molecule has 1 amide bonds. The molecular weight excluding hydrogens is 432 g/mol. The van der Waals surface area contributed by atoms with Gasteiger partial charge in [0.1, 0.15) is 5.00 Å². The van der Waals surface area contributed by atoms with Crippen molar-refractivity contribution in [2.45, 2.75) is 97.6 Å². The summed E-state index contributed by atoms with van der Waals surface area (Å²) in [4.78, 5) is 27.3. The van der Waals surface area contributed by atoms with Gasteiger partial charge < -0.3 is 15.4 Å². The number of rotatable bonds is 7. The molecule has 1 aromatic heterocycles. The Morgan fingerprint density at radius 1 is 1.12 bits per heavy atom. The van der Waals surface area contributed by atoms with E-state index in [-0.39, 0.29) is 17.9 Å². The average molecular weight is 473 g/mol. The van der Waals surface area contributed by atoms with Crippen LogP contribution in [0.25, 0.3) is 0 Å². The van der Waals surface area contributed by atoms with Crippen molar-refractivity contribution in [1.82, 2.24) is 5.32 Å². The lowest BCUT2D eigenvalue weighted by molar-refractivity contribution is -0.119. The Balaban J connectivity index is 1.29. The summed E-state index contributed by atoms with van der Waals surface area (Å²) >= 11 is 1.57. The lowest BCUT2D eigenvalue weighted by atomic mass is 9.48. The van der Waals surface area contributed by atoms with E-state index in [0.717, 1.165) is 42.6 Å². The minimum absolute atomic E-state index is 0.0521. The highest BCUT2D eigenvalue weighted by Gasteiger charge is 2.53. The van der Waals surface area contributed by atoms with Gasteiger partial charge in [0.15, 0.2) is 0 Å². The third kappa shape index (κ3) is 4.38. The van der Waals surface area contributed by atoms with Gasteiger partial charge in [-0.1, -0.05) is 6.92 Å². The maximum atomic E-state index is 13.3. The number of carbonyl (C=O) groups is 2. The van der Waals surface area contributed by atoms with Crippen molar-refractivity contribution in [3.05, 3.63) is 16.0 Å². The molecule has 6 heteroatoms. The fraction of sp³-hybridized carbons (Fsp3) is 0.778. The molecule has 0 saturated heterocycles. The Labute approximate surface area is 202 Å². The molecule has 33 heavy (non-hydrogen) atoms. The number of anilines is 1. The van der Waals surface area contributed by atoms with Crippen molar-refractivity contribution >= 4 is 28.2 Å². The van der Waals surface area contributed by atoms with Gasteiger partial charge in [-0.25, -0.2) is 4.79 Å². The quantitative estimate of drug-likeness (QED) is 0.509. The molecule has 4 fully saturated rings. The molecule has 5 aliphatic carbocycles. The Kier molecular flexibility index (Phi) is 6.36. The van der Waals surface area contributed by atoms with Gasteiger partial charge in [-0.05, 0) is 113 Å². The third-order valence-electron chi connectivity index (χ3n) is 9.13. The molecule has 0 aliphatic heterocycles.